The summed E-state index contributed by atoms with van der Waals surface area (Å²) in [5.41, 5.74) is 5.12. The lowest BCUT2D eigenvalue weighted by Gasteiger charge is -2.19. The lowest BCUT2D eigenvalue weighted by molar-refractivity contribution is -0.146. The second-order valence-corrected chi connectivity index (χ2v) is 9.35. The van der Waals surface area contributed by atoms with Crippen molar-refractivity contribution < 1.29 is 24.2 Å². The molecule has 7 heteroatoms. The molecule has 0 bridgehead atoms. The normalized spacial score (nSPS) is 12.4. The maximum atomic E-state index is 12.6. The number of aryl methyl sites for hydroxylation is 1. The predicted molar refractivity (Wildman–Crippen MR) is 134 cm³/mol. The third-order valence-electron chi connectivity index (χ3n) is 6.34. The van der Waals surface area contributed by atoms with Crippen LogP contribution in [0.25, 0.3) is 11.1 Å². The van der Waals surface area contributed by atoms with Crippen LogP contribution in [0.3, 0.4) is 0 Å². The summed E-state index contributed by atoms with van der Waals surface area (Å²) in [5.74, 6) is -1.40. The Bertz CT molecular complexity index is 1250. The smallest absolute Gasteiger partial charge is 0.411 e. The molecule has 0 saturated carbocycles. The fourth-order valence-electron chi connectivity index (χ4n) is 4.17. The standard InChI is InChI=1S/C28H28N2O5/c1-17-14-18(25(31)29-16-28(2,3)26(32)33)12-13-24(17)30-27(34)35-15-23-21-10-6-4-8-19(21)20-9-5-7-11-22(20)23/h4-14,23H,15-16H2,1-3H3,(H,29,31)(H,30,34)(H,32,33). The van der Waals surface area contributed by atoms with Crippen molar-refractivity contribution in [1.82, 2.24) is 5.32 Å². The number of carboxylic acids is 1. The first kappa shape index (κ1) is 24.0. The second-order valence-electron chi connectivity index (χ2n) is 9.35. The first-order valence-corrected chi connectivity index (χ1v) is 11.4. The van der Waals surface area contributed by atoms with Gasteiger partial charge in [-0.05, 0) is 66.8 Å². The first-order chi connectivity index (χ1) is 16.7. The SMILES string of the molecule is Cc1cc(C(=O)NCC(C)(C)C(=O)O)ccc1NC(=O)OCC1c2ccccc2-c2ccccc21. The molecule has 0 spiro atoms. The molecule has 0 aliphatic heterocycles. The number of ether oxygens (including phenoxy) is 1. The van der Waals surface area contributed by atoms with Gasteiger partial charge in [0, 0.05) is 23.7 Å². The Morgan fingerprint density at radius 1 is 0.943 bits per heavy atom. The minimum atomic E-state index is -1.07. The summed E-state index contributed by atoms with van der Waals surface area (Å²) in [6, 6.07) is 21.1. The molecule has 4 rings (SSSR count). The lowest BCUT2D eigenvalue weighted by atomic mass is 9.94. The van der Waals surface area contributed by atoms with Gasteiger partial charge < -0.3 is 15.2 Å². The number of hydrogen-bond acceptors (Lipinski definition) is 4. The molecule has 0 fully saturated rings. The van der Waals surface area contributed by atoms with E-state index in [1.807, 2.05) is 24.3 Å². The highest BCUT2D eigenvalue weighted by Crippen LogP contribution is 2.44. The minimum Gasteiger partial charge on any atom is -0.481 e. The van der Waals surface area contributed by atoms with Crippen LogP contribution in [0.2, 0.25) is 0 Å². The van der Waals surface area contributed by atoms with Gasteiger partial charge in [0.05, 0.1) is 5.41 Å². The van der Waals surface area contributed by atoms with E-state index in [1.165, 1.54) is 0 Å². The van der Waals surface area contributed by atoms with E-state index in [0.29, 0.717) is 16.8 Å². The Labute approximate surface area is 204 Å². The van der Waals surface area contributed by atoms with E-state index in [4.69, 9.17) is 4.74 Å². The van der Waals surface area contributed by atoms with Crippen LogP contribution in [0.5, 0.6) is 0 Å². The Morgan fingerprint density at radius 3 is 2.11 bits per heavy atom. The number of amides is 2. The summed E-state index contributed by atoms with van der Waals surface area (Å²) in [6.07, 6.45) is -0.574. The Balaban J connectivity index is 1.38. The molecule has 0 atom stereocenters. The van der Waals surface area contributed by atoms with Crippen molar-refractivity contribution in [2.75, 3.05) is 18.5 Å². The molecule has 3 N–H and O–H groups in total. The predicted octanol–water partition coefficient (Wildman–Crippen LogP) is 5.20. The van der Waals surface area contributed by atoms with Gasteiger partial charge in [0.25, 0.3) is 5.91 Å². The van der Waals surface area contributed by atoms with Crippen LogP contribution in [-0.4, -0.2) is 36.2 Å². The fourth-order valence-corrected chi connectivity index (χ4v) is 4.17. The van der Waals surface area contributed by atoms with Gasteiger partial charge >= 0.3 is 12.1 Å². The van der Waals surface area contributed by atoms with E-state index in [0.717, 1.165) is 22.3 Å². The van der Waals surface area contributed by atoms with Gasteiger partial charge in [0.2, 0.25) is 0 Å². The summed E-state index contributed by atoms with van der Waals surface area (Å²) < 4.78 is 5.59. The molecule has 0 unspecified atom stereocenters. The van der Waals surface area contributed by atoms with Crippen molar-refractivity contribution in [3.8, 4) is 11.1 Å². The molecular weight excluding hydrogens is 444 g/mol. The number of benzene rings is 3. The van der Waals surface area contributed by atoms with Crippen LogP contribution in [0.1, 0.15) is 46.8 Å². The van der Waals surface area contributed by atoms with Gasteiger partial charge in [-0.15, -0.1) is 0 Å². The molecule has 180 valence electrons. The molecule has 7 nitrogen and oxygen atoms in total. The highest BCUT2D eigenvalue weighted by Gasteiger charge is 2.29. The Hall–Kier alpha value is -4.13. The van der Waals surface area contributed by atoms with Crippen molar-refractivity contribution >= 4 is 23.7 Å². The monoisotopic (exact) mass is 472 g/mol. The van der Waals surface area contributed by atoms with Crippen molar-refractivity contribution in [1.29, 1.82) is 0 Å². The molecule has 1 aliphatic carbocycles. The quantitative estimate of drug-likeness (QED) is 0.439. The second kappa shape index (κ2) is 9.62. The van der Waals surface area contributed by atoms with Gasteiger partial charge in [-0.3, -0.25) is 14.9 Å². The molecular formula is C28H28N2O5. The van der Waals surface area contributed by atoms with Crippen molar-refractivity contribution in [2.45, 2.75) is 26.7 Å². The molecule has 2 amide bonds. The summed E-state index contributed by atoms with van der Waals surface area (Å²) >= 11 is 0. The minimum absolute atomic E-state index is 0.0000342. The molecule has 0 heterocycles. The summed E-state index contributed by atoms with van der Waals surface area (Å²) in [5, 5.41) is 14.6. The fraction of sp³-hybridized carbons (Fsp3) is 0.250. The molecule has 0 saturated heterocycles. The number of anilines is 1. The maximum Gasteiger partial charge on any atom is 0.411 e. The third kappa shape index (κ3) is 5.04. The number of fused-ring (bicyclic) bond motifs is 3. The van der Waals surface area contributed by atoms with E-state index in [1.54, 1.807) is 39.0 Å². The van der Waals surface area contributed by atoms with Crippen LogP contribution in [-0.2, 0) is 9.53 Å². The van der Waals surface area contributed by atoms with Gasteiger partial charge in [0.15, 0.2) is 0 Å². The zero-order valence-electron chi connectivity index (χ0n) is 19.9. The summed E-state index contributed by atoms with van der Waals surface area (Å²) in [4.78, 5) is 36.2. The van der Waals surface area contributed by atoms with E-state index in [-0.39, 0.29) is 25.0 Å². The first-order valence-electron chi connectivity index (χ1n) is 11.4. The van der Waals surface area contributed by atoms with Crippen molar-refractivity contribution in [2.24, 2.45) is 5.41 Å². The lowest BCUT2D eigenvalue weighted by Crippen LogP contribution is -2.38. The van der Waals surface area contributed by atoms with Crippen LogP contribution < -0.4 is 10.6 Å². The summed E-state index contributed by atoms with van der Waals surface area (Å²) in [6.45, 7) is 5.07. The topological polar surface area (TPSA) is 105 Å². The van der Waals surface area contributed by atoms with Crippen LogP contribution in [0.15, 0.2) is 66.7 Å². The van der Waals surface area contributed by atoms with Gasteiger partial charge in [0.1, 0.15) is 6.61 Å². The number of carbonyl (C=O) groups is 3. The largest absolute Gasteiger partial charge is 0.481 e. The third-order valence-corrected chi connectivity index (χ3v) is 6.34. The van der Waals surface area contributed by atoms with Gasteiger partial charge in [-0.2, -0.15) is 0 Å². The average molecular weight is 473 g/mol. The summed E-state index contributed by atoms with van der Waals surface area (Å²) in [7, 11) is 0. The van der Waals surface area contributed by atoms with Crippen molar-refractivity contribution in [3.63, 3.8) is 0 Å². The molecule has 1 aliphatic rings. The molecule has 0 aromatic heterocycles. The number of hydrogen-bond donors (Lipinski definition) is 3. The molecule has 3 aromatic rings. The molecule has 3 aromatic carbocycles. The zero-order valence-corrected chi connectivity index (χ0v) is 19.9. The molecule has 0 radical (unpaired) electrons. The molecule has 35 heavy (non-hydrogen) atoms. The Morgan fingerprint density at radius 2 is 1.54 bits per heavy atom. The maximum absolute atomic E-state index is 12.6. The number of carbonyl (C=O) groups excluding carboxylic acids is 2. The highest BCUT2D eigenvalue weighted by molar-refractivity contribution is 5.96. The van der Waals surface area contributed by atoms with E-state index in [9.17, 15) is 19.5 Å². The van der Waals surface area contributed by atoms with E-state index < -0.39 is 17.5 Å². The zero-order chi connectivity index (χ0) is 25.2. The van der Waals surface area contributed by atoms with Crippen molar-refractivity contribution in [3.05, 3.63) is 89.0 Å². The number of rotatable bonds is 7. The average Bonchev–Trinajstić information content (AvgIpc) is 3.16. The van der Waals surface area contributed by atoms with Crippen LogP contribution in [0.4, 0.5) is 10.5 Å². The van der Waals surface area contributed by atoms with Crippen LogP contribution in [0, 0.1) is 12.3 Å². The number of carboxylic acid groups (broad SMARTS) is 1. The Kier molecular flexibility index (Phi) is 6.60. The number of nitrogens with one attached hydrogen (secondary N) is 2. The highest BCUT2D eigenvalue weighted by atomic mass is 16.5. The van der Waals surface area contributed by atoms with Crippen LogP contribution >= 0.6 is 0 Å². The van der Waals surface area contributed by atoms with Gasteiger partial charge in [-0.1, -0.05) is 48.5 Å². The van der Waals surface area contributed by atoms with E-state index >= 15 is 0 Å². The van der Waals surface area contributed by atoms with E-state index in [2.05, 4.69) is 34.9 Å². The van der Waals surface area contributed by atoms with Gasteiger partial charge in [-0.25, -0.2) is 4.79 Å². The number of aliphatic carboxylic acids is 1.